The van der Waals surface area contributed by atoms with Gasteiger partial charge in [0.1, 0.15) is 48.8 Å². The molecule has 0 aromatic heterocycles. The average Bonchev–Trinajstić information content (AvgIpc) is 3.53. The number of ether oxygens (including phenoxy) is 10. The molecule has 6 saturated heterocycles. The van der Waals surface area contributed by atoms with Crippen molar-refractivity contribution < 1.29 is 52.2 Å². The molecular formula is C25H37NO11. The van der Waals surface area contributed by atoms with Gasteiger partial charge in [0, 0.05) is 6.42 Å². The van der Waals surface area contributed by atoms with E-state index < -0.39 is 78.5 Å². The molecular weight excluding hydrogens is 490 g/mol. The van der Waals surface area contributed by atoms with Crippen molar-refractivity contribution in [1.29, 1.82) is 0 Å². The van der Waals surface area contributed by atoms with E-state index in [2.05, 4.69) is 5.16 Å². The Balaban J connectivity index is 1.12. The molecule has 0 aromatic rings. The van der Waals surface area contributed by atoms with Gasteiger partial charge >= 0.3 is 0 Å². The van der Waals surface area contributed by atoms with Crippen molar-refractivity contribution >= 4 is 5.71 Å². The minimum atomic E-state index is -0.802. The summed E-state index contributed by atoms with van der Waals surface area (Å²) in [6.07, 6.45) is -4.69. The van der Waals surface area contributed by atoms with Crippen LogP contribution < -0.4 is 0 Å². The molecule has 0 N–H and O–H groups in total. The average molecular weight is 528 g/mol. The third kappa shape index (κ3) is 4.16. The Hall–Kier alpha value is -0.930. The normalized spacial score (nSPS) is 52.1. The summed E-state index contributed by atoms with van der Waals surface area (Å²) in [5, 5.41) is 4.45. The number of nitrogens with zero attached hydrogens (tertiary/aromatic N) is 1. The Labute approximate surface area is 216 Å². The van der Waals surface area contributed by atoms with E-state index in [0.717, 1.165) is 0 Å². The summed E-state index contributed by atoms with van der Waals surface area (Å²) in [6.45, 7) is 15.0. The number of hydrogen-bond donors (Lipinski definition) is 0. The predicted molar refractivity (Wildman–Crippen MR) is 122 cm³/mol. The fraction of sp³-hybridized carbons (Fsp3) is 0.960. The summed E-state index contributed by atoms with van der Waals surface area (Å²) >= 11 is 0. The molecule has 0 spiro atoms. The number of oxime groups is 1. The molecule has 0 radical (unpaired) electrons. The van der Waals surface area contributed by atoms with E-state index in [-0.39, 0.29) is 12.2 Å². The van der Waals surface area contributed by atoms with Gasteiger partial charge in [0.05, 0.1) is 5.71 Å². The van der Waals surface area contributed by atoms with E-state index in [1.165, 1.54) is 0 Å². The van der Waals surface area contributed by atoms with Gasteiger partial charge in [0.2, 0.25) is 0 Å². The van der Waals surface area contributed by atoms with Crippen LogP contribution in [0.1, 0.15) is 61.8 Å². The zero-order valence-electron chi connectivity index (χ0n) is 22.5. The lowest BCUT2D eigenvalue weighted by molar-refractivity contribution is -0.254. The molecule has 7 aliphatic heterocycles. The van der Waals surface area contributed by atoms with Crippen LogP contribution in [0.3, 0.4) is 0 Å². The Kier molecular flexibility index (Phi) is 5.31. The lowest BCUT2D eigenvalue weighted by atomic mass is 9.90. The van der Waals surface area contributed by atoms with Crippen LogP contribution in [0, 0.1) is 0 Å². The number of rotatable bonds is 2. The summed E-state index contributed by atoms with van der Waals surface area (Å²) in [7, 11) is 0. The van der Waals surface area contributed by atoms with Crippen LogP contribution in [0.2, 0.25) is 0 Å². The maximum Gasteiger partial charge on any atom is 0.190 e. The lowest BCUT2D eigenvalue weighted by Gasteiger charge is -2.39. The second-order valence-corrected chi connectivity index (χ2v) is 12.7. The number of hydrogen-bond acceptors (Lipinski definition) is 12. The van der Waals surface area contributed by atoms with Gasteiger partial charge in [-0.3, -0.25) is 0 Å². The fourth-order valence-electron chi connectivity index (χ4n) is 6.58. The van der Waals surface area contributed by atoms with Crippen LogP contribution >= 0.6 is 0 Å². The highest BCUT2D eigenvalue weighted by Gasteiger charge is 2.65. The van der Waals surface area contributed by atoms with Gasteiger partial charge in [-0.05, 0) is 55.4 Å². The van der Waals surface area contributed by atoms with Crippen LogP contribution in [-0.2, 0) is 52.2 Å². The Bertz CT molecular complexity index is 982. The lowest BCUT2D eigenvalue weighted by Crippen LogP contribution is -2.59. The summed E-state index contributed by atoms with van der Waals surface area (Å²) in [5.74, 6) is -3.20. The SMILES string of the molecule is CC1(C)O[C@@H]2[C@H](O1)[C@H]1OC(C)(C)O[C@H]1O[C@@H]2[C@H]1CC([C@H]2O[C@@H]3OC(C)(C)O[C@@H]3[C@H]3OC(C)(C)O[C@H]32)=NO1. The first-order valence-corrected chi connectivity index (χ1v) is 13.2. The van der Waals surface area contributed by atoms with Gasteiger partial charge in [-0.2, -0.15) is 0 Å². The highest BCUT2D eigenvalue weighted by molar-refractivity contribution is 5.90. The molecule has 6 fully saturated rings. The summed E-state index contributed by atoms with van der Waals surface area (Å²) < 4.78 is 62.1. The molecule has 11 atom stereocenters. The first-order valence-electron chi connectivity index (χ1n) is 13.2. The molecule has 0 aromatic carbocycles. The maximum absolute atomic E-state index is 6.40. The van der Waals surface area contributed by atoms with E-state index in [4.69, 9.17) is 52.2 Å². The smallest absolute Gasteiger partial charge is 0.190 e. The summed E-state index contributed by atoms with van der Waals surface area (Å²) in [4.78, 5) is 5.97. The second kappa shape index (κ2) is 7.84. The van der Waals surface area contributed by atoms with Gasteiger partial charge in [-0.15, -0.1) is 0 Å². The third-order valence-electron chi connectivity index (χ3n) is 7.76. The molecule has 0 saturated carbocycles. The van der Waals surface area contributed by atoms with E-state index >= 15 is 0 Å². The first-order chi connectivity index (χ1) is 17.2. The van der Waals surface area contributed by atoms with Crippen molar-refractivity contribution in [1.82, 2.24) is 0 Å². The van der Waals surface area contributed by atoms with Crippen LogP contribution in [0.15, 0.2) is 5.16 Å². The maximum atomic E-state index is 6.40. The molecule has 7 aliphatic rings. The standard InChI is InChI=1S/C25H37NO11/c1-22(2)29-14-12(27-20-18(16(14)31-22)33-24(5,6)35-20)10-9-11(37-26-10)13-15-17(32-23(3,4)30-15)19-21(28-13)36-25(7,8)34-19/h11-21H,9H2,1-8H3/t11-,12-,13-,14+,15+,16+,17+,18-,19-,20-,21-/m1/s1. The molecule has 0 amide bonds. The molecule has 0 bridgehead atoms. The van der Waals surface area contributed by atoms with E-state index in [9.17, 15) is 0 Å². The highest BCUT2D eigenvalue weighted by atomic mass is 16.9. The molecule has 12 nitrogen and oxygen atoms in total. The van der Waals surface area contributed by atoms with Crippen molar-refractivity contribution in [3.05, 3.63) is 0 Å². The van der Waals surface area contributed by atoms with Crippen LogP contribution in [0.4, 0.5) is 0 Å². The minimum absolute atomic E-state index is 0.372. The van der Waals surface area contributed by atoms with Crippen LogP contribution in [-0.4, -0.2) is 96.4 Å². The quantitative estimate of drug-likeness (QED) is 0.525. The van der Waals surface area contributed by atoms with E-state index in [1.807, 2.05) is 55.4 Å². The van der Waals surface area contributed by atoms with Gasteiger partial charge in [0.25, 0.3) is 0 Å². The van der Waals surface area contributed by atoms with Gasteiger partial charge in [-0.25, -0.2) is 0 Å². The predicted octanol–water partition coefficient (Wildman–Crippen LogP) is 1.92. The zero-order valence-corrected chi connectivity index (χ0v) is 22.5. The van der Waals surface area contributed by atoms with Gasteiger partial charge in [-0.1, -0.05) is 5.16 Å². The number of fused-ring (bicyclic) bond motifs is 6. The molecule has 208 valence electrons. The Morgan fingerprint density at radius 1 is 0.514 bits per heavy atom. The monoisotopic (exact) mass is 527 g/mol. The largest absolute Gasteiger partial charge is 0.389 e. The molecule has 0 aliphatic carbocycles. The molecule has 37 heavy (non-hydrogen) atoms. The Morgan fingerprint density at radius 3 is 1.54 bits per heavy atom. The van der Waals surface area contributed by atoms with E-state index in [0.29, 0.717) is 12.1 Å². The first kappa shape index (κ1) is 25.1. The summed E-state index contributed by atoms with van der Waals surface area (Å²) in [5.41, 5.74) is 0.692. The summed E-state index contributed by atoms with van der Waals surface area (Å²) in [6, 6.07) is 0. The van der Waals surface area contributed by atoms with Crippen LogP contribution in [0.25, 0.3) is 0 Å². The van der Waals surface area contributed by atoms with Gasteiger partial charge in [0.15, 0.2) is 41.8 Å². The van der Waals surface area contributed by atoms with Gasteiger partial charge < -0.3 is 52.2 Å². The zero-order chi connectivity index (χ0) is 26.1. The molecule has 0 unspecified atom stereocenters. The molecule has 7 heterocycles. The second-order valence-electron chi connectivity index (χ2n) is 12.7. The van der Waals surface area contributed by atoms with Crippen molar-refractivity contribution in [2.75, 3.05) is 0 Å². The Morgan fingerprint density at radius 2 is 0.946 bits per heavy atom. The van der Waals surface area contributed by atoms with Crippen molar-refractivity contribution in [2.45, 2.75) is 152 Å². The minimum Gasteiger partial charge on any atom is -0.389 e. The highest BCUT2D eigenvalue weighted by Crippen LogP contribution is 2.48. The van der Waals surface area contributed by atoms with Crippen molar-refractivity contribution in [2.24, 2.45) is 5.16 Å². The fourth-order valence-corrected chi connectivity index (χ4v) is 6.58. The molecule has 12 heteroatoms. The van der Waals surface area contributed by atoms with Crippen molar-refractivity contribution in [3.8, 4) is 0 Å². The topological polar surface area (TPSA) is 114 Å². The van der Waals surface area contributed by atoms with Crippen LogP contribution in [0.5, 0.6) is 0 Å². The van der Waals surface area contributed by atoms with Crippen molar-refractivity contribution in [3.63, 3.8) is 0 Å². The van der Waals surface area contributed by atoms with E-state index in [1.54, 1.807) is 0 Å². The third-order valence-corrected chi connectivity index (χ3v) is 7.76. The molecule has 7 rings (SSSR count).